The number of anilines is 1. The number of carbonyl (C=O) groups excluding carboxylic acids is 1. The van der Waals surface area contributed by atoms with E-state index in [-0.39, 0.29) is 18.2 Å². The molecule has 2 aromatic carbocycles. The lowest BCUT2D eigenvalue weighted by Crippen LogP contribution is -2.33. The molecule has 6 heteroatoms. The molecule has 0 saturated carbocycles. The highest BCUT2D eigenvalue weighted by atomic mass is 16.6. The first kappa shape index (κ1) is 16.0. The molecule has 0 fully saturated rings. The molecule has 0 spiro atoms. The van der Waals surface area contributed by atoms with E-state index in [1.165, 1.54) is 12.1 Å². The van der Waals surface area contributed by atoms with Crippen molar-refractivity contribution in [2.24, 2.45) is 0 Å². The van der Waals surface area contributed by atoms with Gasteiger partial charge in [-0.2, -0.15) is 0 Å². The molecule has 24 heavy (non-hydrogen) atoms. The van der Waals surface area contributed by atoms with Crippen LogP contribution in [0.5, 0.6) is 5.75 Å². The molecule has 0 radical (unpaired) electrons. The summed E-state index contributed by atoms with van der Waals surface area (Å²) in [7, 11) is 0. The summed E-state index contributed by atoms with van der Waals surface area (Å²) in [6.07, 6.45) is 1.52. The Bertz CT molecular complexity index is 788. The number of nitrogens with zero attached hydrogens (tertiary/aromatic N) is 2. The van der Waals surface area contributed by atoms with Crippen molar-refractivity contribution in [3.05, 3.63) is 63.7 Å². The van der Waals surface area contributed by atoms with E-state index in [2.05, 4.69) is 0 Å². The van der Waals surface area contributed by atoms with Crippen LogP contribution in [0.1, 0.15) is 18.1 Å². The van der Waals surface area contributed by atoms with Crippen LogP contribution in [0.15, 0.2) is 42.5 Å². The maximum absolute atomic E-state index is 12.5. The first-order chi connectivity index (χ1) is 11.6. The summed E-state index contributed by atoms with van der Waals surface area (Å²) in [5.41, 5.74) is 2.60. The molecule has 3 rings (SSSR count). The van der Waals surface area contributed by atoms with Gasteiger partial charge in [-0.1, -0.05) is 31.2 Å². The molecule has 0 N–H and O–H groups in total. The van der Waals surface area contributed by atoms with Crippen molar-refractivity contribution in [1.82, 2.24) is 0 Å². The van der Waals surface area contributed by atoms with Gasteiger partial charge in [0.15, 0.2) is 6.61 Å². The second kappa shape index (κ2) is 6.70. The fraction of sp³-hybridized carbons (Fsp3) is 0.278. The number of ether oxygens (including phenoxy) is 1. The van der Waals surface area contributed by atoms with Crippen LogP contribution in [0.4, 0.5) is 11.4 Å². The molecule has 0 aliphatic carbocycles. The van der Waals surface area contributed by atoms with Crippen LogP contribution in [-0.2, 0) is 17.6 Å². The van der Waals surface area contributed by atoms with Crippen LogP contribution in [0.2, 0.25) is 0 Å². The Labute approximate surface area is 139 Å². The molecule has 1 aliphatic heterocycles. The first-order valence-electron chi connectivity index (χ1n) is 7.88. The minimum atomic E-state index is -0.449. The molecule has 0 aromatic heterocycles. The van der Waals surface area contributed by atoms with Gasteiger partial charge in [-0.05, 0) is 30.0 Å². The Kier molecular flexibility index (Phi) is 4.46. The van der Waals surface area contributed by atoms with Crippen molar-refractivity contribution < 1.29 is 14.5 Å². The van der Waals surface area contributed by atoms with Crippen molar-refractivity contribution in [3.63, 3.8) is 0 Å². The minimum Gasteiger partial charge on any atom is -0.483 e. The molecule has 0 atom stereocenters. The number of rotatable bonds is 5. The van der Waals surface area contributed by atoms with E-state index in [1.807, 2.05) is 31.2 Å². The van der Waals surface area contributed by atoms with Crippen LogP contribution in [0, 0.1) is 10.1 Å². The van der Waals surface area contributed by atoms with Gasteiger partial charge < -0.3 is 9.64 Å². The zero-order chi connectivity index (χ0) is 17.1. The molecular weight excluding hydrogens is 308 g/mol. The van der Waals surface area contributed by atoms with Crippen molar-refractivity contribution in [2.45, 2.75) is 19.8 Å². The van der Waals surface area contributed by atoms with Gasteiger partial charge in [0, 0.05) is 18.7 Å². The van der Waals surface area contributed by atoms with Crippen LogP contribution in [0.25, 0.3) is 0 Å². The number of benzene rings is 2. The van der Waals surface area contributed by atoms with E-state index >= 15 is 0 Å². The van der Waals surface area contributed by atoms with Gasteiger partial charge in [0.05, 0.1) is 10.6 Å². The molecule has 0 bridgehead atoms. The van der Waals surface area contributed by atoms with Gasteiger partial charge in [0.25, 0.3) is 11.6 Å². The number of hydrogen-bond acceptors (Lipinski definition) is 4. The number of carbonyl (C=O) groups is 1. The van der Waals surface area contributed by atoms with Crippen LogP contribution in [-0.4, -0.2) is 24.0 Å². The number of nitro benzene ring substituents is 1. The number of non-ortho nitro benzene ring substituents is 1. The molecule has 0 saturated heterocycles. The van der Waals surface area contributed by atoms with Crippen molar-refractivity contribution in [1.29, 1.82) is 0 Å². The van der Waals surface area contributed by atoms with E-state index in [0.717, 1.165) is 17.5 Å². The number of aryl methyl sites for hydroxylation is 1. The lowest BCUT2D eigenvalue weighted by atomic mass is 10.1. The smallest absolute Gasteiger partial charge is 0.271 e. The standard InChI is InChI=1S/C18H18N2O4/c1-2-13-5-3-4-6-17(13)24-12-18(21)19-10-9-14-7-8-15(20(22)23)11-16(14)19/h3-8,11H,2,9-10,12H2,1H3. The van der Waals surface area contributed by atoms with Gasteiger partial charge in [0.1, 0.15) is 5.75 Å². The van der Waals surface area contributed by atoms with E-state index in [0.29, 0.717) is 24.4 Å². The molecule has 0 unspecified atom stereocenters. The van der Waals surface area contributed by atoms with Gasteiger partial charge in [-0.25, -0.2) is 0 Å². The monoisotopic (exact) mass is 326 g/mol. The van der Waals surface area contributed by atoms with Crippen molar-refractivity contribution in [2.75, 3.05) is 18.1 Å². The van der Waals surface area contributed by atoms with Crippen LogP contribution < -0.4 is 9.64 Å². The van der Waals surface area contributed by atoms with Crippen molar-refractivity contribution in [3.8, 4) is 5.75 Å². The number of para-hydroxylation sites is 1. The molecule has 2 aromatic rings. The maximum Gasteiger partial charge on any atom is 0.271 e. The number of hydrogen-bond donors (Lipinski definition) is 0. The molecule has 1 heterocycles. The van der Waals surface area contributed by atoms with Crippen molar-refractivity contribution >= 4 is 17.3 Å². The Morgan fingerprint density at radius 2 is 2.08 bits per heavy atom. The number of nitro groups is 1. The average molecular weight is 326 g/mol. The summed E-state index contributed by atoms with van der Waals surface area (Å²) < 4.78 is 5.67. The SMILES string of the molecule is CCc1ccccc1OCC(=O)N1CCc2ccc([N+](=O)[O-])cc21. The second-order valence-corrected chi connectivity index (χ2v) is 5.62. The topological polar surface area (TPSA) is 72.7 Å². The third kappa shape index (κ3) is 3.08. The fourth-order valence-electron chi connectivity index (χ4n) is 2.89. The maximum atomic E-state index is 12.5. The molecule has 1 aliphatic rings. The van der Waals surface area contributed by atoms with Gasteiger partial charge >= 0.3 is 0 Å². The molecule has 6 nitrogen and oxygen atoms in total. The summed E-state index contributed by atoms with van der Waals surface area (Å²) >= 11 is 0. The molecule has 1 amide bonds. The Balaban J connectivity index is 1.74. The highest BCUT2D eigenvalue weighted by molar-refractivity contribution is 5.96. The summed E-state index contributed by atoms with van der Waals surface area (Å²) in [5, 5.41) is 10.9. The average Bonchev–Trinajstić information content (AvgIpc) is 3.03. The number of amides is 1. The molecular formula is C18H18N2O4. The summed E-state index contributed by atoms with van der Waals surface area (Å²) in [4.78, 5) is 24.5. The van der Waals surface area contributed by atoms with Gasteiger partial charge in [-0.3, -0.25) is 14.9 Å². The highest BCUT2D eigenvalue weighted by Gasteiger charge is 2.27. The second-order valence-electron chi connectivity index (χ2n) is 5.62. The van der Waals surface area contributed by atoms with E-state index in [1.54, 1.807) is 11.0 Å². The zero-order valence-electron chi connectivity index (χ0n) is 13.4. The van der Waals surface area contributed by atoms with E-state index < -0.39 is 4.92 Å². The predicted molar refractivity (Wildman–Crippen MR) is 90.5 cm³/mol. The third-order valence-electron chi connectivity index (χ3n) is 4.18. The normalized spacial score (nSPS) is 12.8. The summed E-state index contributed by atoms with van der Waals surface area (Å²) in [6, 6.07) is 12.3. The Morgan fingerprint density at radius 1 is 1.29 bits per heavy atom. The van der Waals surface area contributed by atoms with E-state index in [9.17, 15) is 14.9 Å². The summed E-state index contributed by atoms with van der Waals surface area (Å²) in [6.45, 7) is 2.47. The third-order valence-corrected chi connectivity index (χ3v) is 4.18. The largest absolute Gasteiger partial charge is 0.483 e. The lowest BCUT2D eigenvalue weighted by molar-refractivity contribution is -0.384. The number of fused-ring (bicyclic) bond motifs is 1. The zero-order valence-corrected chi connectivity index (χ0v) is 13.4. The fourth-order valence-corrected chi connectivity index (χ4v) is 2.89. The lowest BCUT2D eigenvalue weighted by Gasteiger charge is -2.18. The van der Waals surface area contributed by atoms with E-state index in [4.69, 9.17) is 4.74 Å². The first-order valence-corrected chi connectivity index (χ1v) is 7.88. The minimum absolute atomic E-state index is 0.00861. The van der Waals surface area contributed by atoms with Gasteiger partial charge in [-0.15, -0.1) is 0 Å². The Morgan fingerprint density at radius 3 is 2.83 bits per heavy atom. The summed E-state index contributed by atoms with van der Waals surface area (Å²) in [5.74, 6) is 0.506. The van der Waals surface area contributed by atoms with Gasteiger partial charge in [0.2, 0.25) is 0 Å². The van der Waals surface area contributed by atoms with Crippen LogP contribution in [0.3, 0.4) is 0 Å². The molecule has 124 valence electrons. The Hall–Kier alpha value is -2.89. The predicted octanol–water partition coefficient (Wildman–Crippen LogP) is 3.13. The highest BCUT2D eigenvalue weighted by Crippen LogP contribution is 2.31. The quantitative estimate of drug-likeness (QED) is 0.625. The van der Waals surface area contributed by atoms with Crippen LogP contribution >= 0.6 is 0 Å².